The van der Waals surface area contributed by atoms with Crippen molar-refractivity contribution in [1.29, 1.82) is 0 Å². The number of hydrogen-bond acceptors (Lipinski definition) is 4. The number of ether oxygens (including phenoxy) is 3. The molecular weight excluding hydrogens is 318 g/mol. The largest absolute Gasteiger partial charge is 0.496 e. The fourth-order valence-electron chi connectivity index (χ4n) is 3.06. The van der Waals surface area contributed by atoms with Gasteiger partial charge in [0.25, 0.3) is 5.91 Å². The van der Waals surface area contributed by atoms with Gasteiger partial charge in [-0.25, -0.2) is 0 Å². The monoisotopic (exact) mass is 335 g/mol. The zero-order chi connectivity index (χ0) is 17.2. The van der Waals surface area contributed by atoms with Crippen molar-refractivity contribution < 1.29 is 19.0 Å². The van der Waals surface area contributed by atoms with Gasteiger partial charge in [0.05, 0.1) is 12.7 Å². The molecule has 0 atom stereocenters. The number of hydrogen-bond donors (Lipinski definition) is 1. The Morgan fingerprint density at radius 3 is 2.84 bits per heavy atom. The second-order valence-electron chi connectivity index (χ2n) is 5.69. The van der Waals surface area contributed by atoms with Gasteiger partial charge in [0.2, 0.25) is 6.79 Å². The molecule has 0 fully saturated rings. The summed E-state index contributed by atoms with van der Waals surface area (Å²) in [5, 5.41) is 5.11. The Bertz CT molecular complexity index is 952. The minimum atomic E-state index is -0.211. The molecule has 0 aromatic heterocycles. The summed E-state index contributed by atoms with van der Waals surface area (Å²) in [6, 6.07) is 17.2. The van der Waals surface area contributed by atoms with E-state index in [0.29, 0.717) is 23.6 Å². The van der Waals surface area contributed by atoms with Crippen molar-refractivity contribution in [2.45, 2.75) is 6.54 Å². The van der Waals surface area contributed by atoms with E-state index in [4.69, 9.17) is 14.2 Å². The van der Waals surface area contributed by atoms with Crippen molar-refractivity contribution in [3.63, 3.8) is 0 Å². The summed E-state index contributed by atoms with van der Waals surface area (Å²) in [6.07, 6.45) is 0. The number of amides is 1. The van der Waals surface area contributed by atoms with Crippen LogP contribution in [0.2, 0.25) is 0 Å². The van der Waals surface area contributed by atoms with E-state index in [2.05, 4.69) is 5.32 Å². The van der Waals surface area contributed by atoms with Crippen molar-refractivity contribution in [2.75, 3.05) is 13.9 Å². The highest BCUT2D eigenvalue weighted by Gasteiger charge is 2.22. The second kappa shape index (κ2) is 6.36. The third-order valence-corrected chi connectivity index (χ3v) is 4.28. The highest BCUT2D eigenvalue weighted by atomic mass is 16.7. The van der Waals surface area contributed by atoms with Crippen molar-refractivity contribution in [3.8, 4) is 17.2 Å². The Hall–Kier alpha value is -3.21. The summed E-state index contributed by atoms with van der Waals surface area (Å²) in [5.41, 5.74) is 1.41. The number of nitrogens with one attached hydrogen (secondary N) is 1. The Morgan fingerprint density at radius 1 is 1.08 bits per heavy atom. The molecule has 1 amide bonds. The van der Waals surface area contributed by atoms with Crippen molar-refractivity contribution in [3.05, 3.63) is 65.7 Å². The smallest absolute Gasteiger partial charge is 0.255 e. The highest BCUT2D eigenvalue weighted by Crippen LogP contribution is 2.35. The molecular formula is C20H17NO4. The first kappa shape index (κ1) is 15.3. The summed E-state index contributed by atoms with van der Waals surface area (Å²) in [6.45, 7) is 0.491. The Morgan fingerprint density at radius 2 is 1.96 bits per heavy atom. The molecule has 1 N–H and O–H groups in total. The molecule has 1 aliphatic rings. The van der Waals surface area contributed by atoms with Crippen LogP contribution in [-0.2, 0) is 6.54 Å². The number of carbonyl (C=O) groups excluding carboxylic acids is 1. The fraction of sp³-hybridized carbons (Fsp3) is 0.150. The lowest BCUT2D eigenvalue weighted by Gasteiger charge is -2.13. The number of fused-ring (bicyclic) bond motifs is 2. The van der Waals surface area contributed by atoms with Crippen LogP contribution in [0.1, 0.15) is 15.9 Å². The maximum atomic E-state index is 12.6. The SMILES string of the molecule is COc1ccc2ccccc2c1CNC(=O)c1cccc2c1OCO2. The second-order valence-corrected chi connectivity index (χ2v) is 5.69. The Labute approximate surface area is 145 Å². The molecule has 5 nitrogen and oxygen atoms in total. The molecule has 0 aliphatic carbocycles. The van der Waals surface area contributed by atoms with Gasteiger partial charge in [-0.2, -0.15) is 0 Å². The van der Waals surface area contributed by atoms with E-state index in [1.807, 2.05) is 36.4 Å². The number of rotatable bonds is 4. The average Bonchev–Trinajstić information content (AvgIpc) is 3.14. The quantitative estimate of drug-likeness (QED) is 0.793. The van der Waals surface area contributed by atoms with Crippen LogP contribution in [0.5, 0.6) is 17.2 Å². The molecule has 0 unspecified atom stereocenters. The molecule has 5 heteroatoms. The standard InChI is InChI=1S/C20H17NO4/c1-23-17-10-9-13-5-2-3-6-14(13)16(17)11-21-20(22)15-7-4-8-18-19(15)25-12-24-18/h2-10H,11-12H2,1H3,(H,21,22). The van der Waals surface area contributed by atoms with Gasteiger partial charge in [0.1, 0.15) is 5.75 Å². The van der Waals surface area contributed by atoms with Crippen molar-refractivity contribution in [2.24, 2.45) is 0 Å². The van der Waals surface area contributed by atoms with E-state index in [-0.39, 0.29) is 12.7 Å². The predicted octanol–water partition coefficient (Wildman–Crippen LogP) is 3.51. The lowest BCUT2D eigenvalue weighted by atomic mass is 10.0. The van der Waals surface area contributed by atoms with Crippen LogP contribution >= 0.6 is 0 Å². The Balaban J connectivity index is 1.63. The third-order valence-electron chi connectivity index (χ3n) is 4.28. The van der Waals surface area contributed by atoms with Crippen LogP contribution in [0.25, 0.3) is 10.8 Å². The zero-order valence-electron chi connectivity index (χ0n) is 13.7. The molecule has 25 heavy (non-hydrogen) atoms. The van der Waals surface area contributed by atoms with Crippen LogP contribution in [0.4, 0.5) is 0 Å². The summed E-state index contributed by atoms with van der Waals surface area (Å²) in [7, 11) is 1.63. The van der Waals surface area contributed by atoms with Gasteiger partial charge in [0, 0.05) is 12.1 Å². The molecule has 1 aliphatic heterocycles. The van der Waals surface area contributed by atoms with Crippen LogP contribution in [0.15, 0.2) is 54.6 Å². The maximum absolute atomic E-state index is 12.6. The predicted molar refractivity (Wildman–Crippen MR) is 94.2 cm³/mol. The summed E-state index contributed by atoms with van der Waals surface area (Å²) in [5.74, 6) is 1.62. The van der Waals surface area contributed by atoms with Gasteiger partial charge < -0.3 is 19.5 Å². The minimum absolute atomic E-state index is 0.136. The minimum Gasteiger partial charge on any atom is -0.496 e. The van der Waals surface area contributed by atoms with E-state index in [0.717, 1.165) is 22.1 Å². The van der Waals surface area contributed by atoms with Crippen LogP contribution in [0, 0.1) is 0 Å². The molecule has 0 spiro atoms. The zero-order valence-corrected chi connectivity index (χ0v) is 13.7. The normalized spacial score (nSPS) is 12.2. The van der Waals surface area contributed by atoms with Gasteiger partial charge in [-0.15, -0.1) is 0 Å². The van der Waals surface area contributed by atoms with Gasteiger partial charge >= 0.3 is 0 Å². The van der Waals surface area contributed by atoms with Gasteiger partial charge in [0.15, 0.2) is 11.5 Å². The van der Waals surface area contributed by atoms with Crippen LogP contribution in [-0.4, -0.2) is 19.8 Å². The topological polar surface area (TPSA) is 56.8 Å². The van der Waals surface area contributed by atoms with E-state index >= 15 is 0 Å². The first-order valence-electron chi connectivity index (χ1n) is 7.99. The molecule has 0 saturated heterocycles. The number of carbonyl (C=O) groups is 1. The van der Waals surface area contributed by atoms with Gasteiger partial charge in [-0.05, 0) is 29.0 Å². The first-order valence-corrected chi connectivity index (χ1v) is 7.99. The lowest BCUT2D eigenvalue weighted by molar-refractivity contribution is 0.0946. The number of benzene rings is 3. The van der Waals surface area contributed by atoms with E-state index in [1.165, 1.54) is 0 Å². The average molecular weight is 335 g/mol. The van der Waals surface area contributed by atoms with Crippen LogP contribution in [0.3, 0.4) is 0 Å². The Kier molecular flexibility index (Phi) is 3.90. The van der Waals surface area contributed by atoms with E-state index in [1.54, 1.807) is 25.3 Å². The number of para-hydroxylation sites is 1. The molecule has 4 rings (SSSR count). The highest BCUT2D eigenvalue weighted by molar-refractivity contribution is 5.98. The van der Waals surface area contributed by atoms with E-state index in [9.17, 15) is 4.79 Å². The summed E-state index contributed by atoms with van der Waals surface area (Å²) in [4.78, 5) is 12.6. The van der Waals surface area contributed by atoms with Crippen LogP contribution < -0.4 is 19.5 Å². The molecule has 0 bridgehead atoms. The molecule has 1 heterocycles. The summed E-state index contributed by atoms with van der Waals surface area (Å²) < 4.78 is 16.2. The van der Waals surface area contributed by atoms with Crippen molar-refractivity contribution in [1.82, 2.24) is 5.32 Å². The number of methoxy groups -OCH3 is 1. The fourth-order valence-corrected chi connectivity index (χ4v) is 3.06. The maximum Gasteiger partial charge on any atom is 0.255 e. The van der Waals surface area contributed by atoms with Gasteiger partial charge in [-0.3, -0.25) is 4.79 Å². The summed E-state index contributed by atoms with van der Waals surface area (Å²) >= 11 is 0. The van der Waals surface area contributed by atoms with Gasteiger partial charge in [-0.1, -0.05) is 36.4 Å². The molecule has 3 aromatic carbocycles. The molecule has 3 aromatic rings. The van der Waals surface area contributed by atoms with Crippen molar-refractivity contribution >= 4 is 16.7 Å². The lowest BCUT2D eigenvalue weighted by Crippen LogP contribution is -2.23. The third kappa shape index (κ3) is 2.74. The molecule has 0 radical (unpaired) electrons. The molecule has 0 saturated carbocycles. The molecule has 126 valence electrons. The first-order chi connectivity index (χ1) is 12.3. The van der Waals surface area contributed by atoms with E-state index < -0.39 is 0 Å².